The van der Waals surface area contributed by atoms with Gasteiger partial charge in [-0.1, -0.05) is 66.4 Å². The van der Waals surface area contributed by atoms with Crippen molar-refractivity contribution < 1.29 is 9.90 Å². The Kier molecular flexibility index (Phi) is 5.19. The maximum atomic E-state index is 12.0. The zero-order valence-electron chi connectivity index (χ0n) is 17.9. The lowest BCUT2D eigenvalue weighted by Gasteiger charge is -2.41. The minimum absolute atomic E-state index is 0.0325. The molecule has 1 unspecified atom stereocenters. The van der Waals surface area contributed by atoms with Crippen LogP contribution in [0.25, 0.3) is 25.9 Å². The first kappa shape index (κ1) is 20.5. The van der Waals surface area contributed by atoms with Crippen molar-refractivity contribution >= 4 is 60.1 Å². The Bertz CT molecular complexity index is 1440. The summed E-state index contributed by atoms with van der Waals surface area (Å²) in [5.74, 6) is 0.209. The molecular formula is C27H22N2O2S2. The molecule has 3 heterocycles. The quantitative estimate of drug-likeness (QED) is 0.357. The van der Waals surface area contributed by atoms with Crippen molar-refractivity contribution in [3.8, 4) is 0 Å². The molecule has 0 aliphatic carbocycles. The van der Waals surface area contributed by atoms with Crippen molar-refractivity contribution in [2.24, 2.45) is 4.99 Å². The number of benzene rings is 3. The molecule has 2 aliphatic rings. The fourth-order valence-corrected chi connectivity index (χ4v) is 6.94. The van der Waals surface area contributed by atoms with Crippen LogP contribution in [0.15, 0.2) is 83.4 Å². The van der Waals surface area contributed by atoms with Gasteiger partial charge in [0.25, 0.3) is 0 Å². The first-order chi connectivity index (χ1) is 16.2. The molecule has 1 aromatic heterocycles. The number of thioether (sulfide) groups is 1. The van der Waals surface area contributed by atoms with E-state index >= 15 is 0 Å². The van der Waals surface area contributed by atoms with E-state index in [0.29, 0.717) is 0 Å². The molecule has 4 nitrogen and oxygen atoms in total. The third-order valence-corrected chi connectivity index (χ3v) is 8.51. The van der Waals surface area contributed by atoms with Crippen LogP contribution in [0.5, 0.6) is 0 Å². The summed E-state index contributed by atoms with van der Waals surface area (Å²) < 4.78 is 2.49. The predicted octanol–water partition coefficient (Wildman–Crippen LogP) is 6.79. The lowest BCUT2D eigenvalue weighted by Crippen LogP contribution is -2.41. The molecule has 164 valence electrons. The van der Waals surface area contributed by atoms with Gasteiger partial charge in [-0.05, 0) is 35.8 Å². The number of thiophene rings is 1. The number of carboxylic acid groups (broad SMARTS) is 1. The summed E-state index contributed by atoms with van der Waals surface area (Å²) in [7, 11) is 0. The van der Waals surface area contributed by atoms with Crippen LogP contribution in [0, 0.1) is 0 Å². The number of fused-ring (bicyclic) bond motifs is 4. The van der Waals surface area contributed by atoms with Crippen molar-refractivity contribution in [1.29, 1.82) is 0 Å². The summed E-state index contributed by atoms with van der Waals surface area (Å²) in [4.78, 5) is 19.4. The number of amidine groups is 1. The Morgan fingerprint density at radius 2 is 1.79 bits per heavy atom. The van der Waals surface area contributed by atoms with E-state index < -0.39 is 5.97 Å². The van der Waals surface area contributed by atoms with Crippen LogP contribution >= 0.6 is 23.1 Å². The fourth-order valence-electron chi connectivity index (χ4n) is 4.88. The Hall–Kier alpha value is -3.09. The van der Waals surface area contributed by atoms with Crippen molar-refractivity contribution in [1.82, 2.24) is 4.90 Å². The highest BCUT2D eigenvalue weighted by atomic mass is 32.2. The van der Waals surface area contributed by atoms with Gasteiger partial charge in [0, 0.05) is 38.0 Å². The van der Waals surface area contributed by atoms with Gasteiger partial charge in [-0.15, -0.1) is 11.3 Å². The van der Waals surface area contributed by atoms with E-state index in [9.17, 15) is 9.90 Å². The number of aliphatic carboxylic acids is 1. The average Bonchev–Trinajstić information content (AvgIpc) is 3.22. The number of carboxylic acids is 1. The molecule has 1 N–H and O–H groups in total. The summed E-state index contributed by atoms with van der Waals surface area (Å²) in [6.45, 7) is 0.885. The van der Waals surface area contributed by atoms with Gasteiger partial charge in [-0.25, -0.2) is 4.99 Å². The molecule has 1 atom stereocenters. The molecule has 0 saturated carbocycles. The molecule has 6 rings (SSSR count). The molecule has 4 aromatic rings. The molecule has 33 heavy (non-hydrogen) atoms. The van der Waals surface area contributed by atoms with Crippen LogP contribution in [-0.2, 0) is 4.79 Å². The summed E-state index contributed by atoms with van der Waals surface area (Å²) in [5.41, 5.74) is 3.77. The molecule has 2 aliphatic heterocycles. The first-order valence-corrected chi connectivity index (χ1v) is 12.9. The molecule has 0 amide bonds. The fraction of sp³-hybridized carbons (Fsp3) is 0.185. The summed E-state index contributed by atoms with van der Waals surface area (Å²) in [5, 5.41) is 13.3. The Labute approximate surface area is 200 Å². The number of aliphatic imine (C=N–C) groups is 1. The number of carbonyl (C=O) groups is 1. The van der Waals surface area contributed by atoms with Gasteiger partial charge in [0.1, 0.15) is 0 Å². The van der Waals surface area contributed by atoms with E-state index in [1.807, 2.05) is 18.2 Å². The predicted molar refractivity (Wildman–Crippen MR) is 139 cm³/mol. The van der Waals surface area contributed by atoms with E-state index in [1.165, 1.54) is 20.2 Å². The second-order valence-electron chi connectivity index (χ2n) is 8.36. The SMILES string of the molecule is O=C(O)CC1=C(c2ccc3sc4ccccc4c3c2)N=C2SCCCN2C1c1ccccc1. The van der Waals surface area contributed by atoms with Gasteiger partial charge in [0.05, 0.1) is 18.2 Å². The third kappa shape index (κ3) is 3.63. The van der Waals surface area contributed by atoms with E-state index in [1.54, 1.807) is 23.1 Å². The van der Waals surface area contributed by atoms with Gasteiger partial charge in [0.2, 0.25) is 0 Å². The number of hydrogen-bond donors (Lipinski definition) is 1. The summed E-state index contributed by atoms with van der Waals surface area (Å²) >= 11 is 3.55. The molecule has 0 spiro atoms. The second kappa shape index (κ2) is 8.36. The average molecular weight is 471 g/mol. The van der Waals surface area contributed by atoms with Crippen LogP contribution in [0.3, 0.4) is 0 Å². The van der Waals surface area contributed by atoms with Gasteiger partial charge >= 0.3 is 5.97 Å². The van der Waals surface area contributed by atoms with Crippen molar-refractivity contribution in [2.75, 3.05) is 12.3 Å². The number of rotatable bonds is 4. The Balaban J connectivity index is 1.59. The lowest BCUT2D eigenvalue weighted by atomic mass is 9.89. The lowest BCUT2D eigenvalue weighted by molar-refractivity contribution is -0.136. The molecule has 3 aromatic carbocycles. The van der Waals surface area contributed by atoms with Gasteiger partial charge in [-0.3, -0.25) is 4.79 Å². The molecule has 0 bridgehead atoms. The highest BCUT2D eigenvalue weighted by Crippen LogP contribution is 2.44. The van der Waals surface area contributed by atoms with Crippen molar-refractivity contribution in [2.45, 2.75) is 18.9 Å². The molecule has 0 radical (unpaired) electrons. The third-order valence-electron chi connectivity index (χ3n) is 6.28. The topological polar surface area (TPSA) is 52.9 Å². The zero-order valence-corrected chi connectivity index (χ0v) is 19.5. The minimum Gasteiger partial charge on any atom is -0.481 e. The maximum absolute atomic E-state index is 12.0. The van der Waals surface area contributed by atoms with Gasteiger partial charge in [0.15, 0.2) is 5.17 Å². The van der Waals surface area contributed by atoms with E-state index in [-0.39, 0.29) is 12.5 Å². The number of hydrogen-bond acceptors (Lipinski definition) is 5. The molecule has 1 saturated heterocycles. The summed E-state index contributed by atoms with van der Waals surface area (Å²) in [6.07, 6.45) is 1.03. The smallest absolute Gasteiger partial charge is 0.307 e. The van der Waals surface area contributed by atoms with Crippen molar-refractivity contribution in [3.05, 3.63) is 89.5 Å². The van der Waals surface area contributed by atoms with Crippen LogP contribution < -0.4 is 0 Å². The normalized spacial score (nSPS) is 18.5. The van der Waals surface area contributed by atoms with E-state index in [0.717, 1.165) is 46.3 Å². The van der Waals surface area contributed by atoms with E-state index in [4.69, 9.17) is 4.99 Å². The standard InChI is InChI=1S/C27H22N2O2S2/c30-24(31)16-21-25(18-11-12-23-20(15-18)19-9-4-5-10-22(19)33-23)28-27-29(13-6-14-32-27)26(21)17-7-2-1-3-8-17/h1-5,7-12,15,26H,6,13-14,16H2,(H,30,31). The van der Waals surface area contributed by atoms with Gasteiger partial charge < -0.3 is 10.0 Å². The van der Waals surface area contributed by atoms with Crippen LogP contribution in [-0.4, -0.2) is 33.4 Å². The first-order valence-electron chi connectivity index (χ1n) is 11.1. The van der Waals surface area contributed by atoms with Crippen LogP contribution in [0.2, 0.25) is 0 Å². The Morgan fingerprint density at radius 1 is 1.00 bits per heavy atom. The zero-order chi connectivity index (χ0) is 22.4. The highest BCUT2D eigenvalue weighted by Gasteiger charge is 2.36. The van der Waals surface area contributed by atoms with Crippen LogP contribution in [0.4, 0.5) is 0 Å². The molecule has 6 heteroatoms. The summed E-state index contributed by atoms with van der Waals surface area (Å²) in [6, 6.07) is 25.0. The second-order valence-corrected chi connectivity index (χ2v) is 10.5. The van der Waals surface area contributed by atoms with Crippen LogP contribution in [0.1, 0.15) is 30.0 Å². The highest BCUT2D eigenvalue weighted by molar-refractivity contribution is 8.13. The Morgan fingerprint density at radius 3 is 2.64 bits per heavy atom. The van der Waals surface area contributed by atoms with E-state index in [2.05, 4.69) is 59.5 Å². The minimum atomic E-state index is -0.825. The maximum Gasteiger partial charge on any atom is 0.307 e. The van der Waals surface area contributed by atoms with Gasteiger partial charge in [-0.2, -0.15) is 0 Å². The monoisotopic (exact) mass is 470 g/mol. The van der Waals surface area contributed by atoms with Crippen molar-refractivity contribution in [3.63, 3.8) is 0 Å². The molecule has 1 fully saturated rings. The number of nitrogens with zero attached hydrogens (tertiary/aromatic N) is 2. The molecular weight excluding hydrogens is 448 g/mol. The largest absolute Gasteiger partial charge is 0.481 e.